The molecule has 1 aromatic rings. The summed E-state index contributed by atoms with van der Waals surface area (Å²) < 4.78 is 47.0. The van der Waals surface area contributed by atoms with E-state index in [9.17, 15) is 16.9 Å². The van der Waals surface area contributed by atoms with Crippen LogP contribution in [0.1, 0.15) is 0 Å². The predicted molar refractivity (Wildman–Crippen MR) is 32.4 cm³/mol. The molecule has 1 aromatic carbocycles. The third kappa shape index (κ3) is 1.69. The maximum atomic E-state index is 12.3. The Morgan fingerprint density at radius 1 is 1.09 bits per heavy atom. The third-order valence-electron chi connectivity index (χ3n) is 1.07. The fourth-order valence-electron chi connectivity index (χ4n) is 0.595. The van der Waals surface area contributed by atoms with E-state index >= 15 is 0 Å². The van der Waals surface area contributed by atoms with E-state index in [1.54, 1.807) is 0 Å². The van der Waals surface area contributed by atoms with Gasteiger partial charge in [0.25, 0.3) is 0 Å². The number of hydrogen-bond donors (Lipinski definition) is 0. The molecule has 11 heavy (non-hydrogen) atoms. The molecule has 1 rings (SSSR count). The molecule has 1 nitrogen and oxygen atoms in total. The van der Waals surface area contributed by atoms with Crippen LogP contribution >= 0.6 is 0 Å². The van der Waals surface area contributed by atoms with Crippen molar-refractivity contribution < 1.29 is 16.9 Å². The fraction of sp³-hybridized carbons (Fsp3) is 0. The van der Waals surface area contributed by atoms with Gasteiger partial charge >= 0.3 is 66.5 Å². The first kappa shape index (κ1) is 8.46. The van der Waals surface area contributed by atoms with Crippen LogP contribution in [0, 0.1) is 17.5 Å². The van der Waals surface area contributed by atoms with E-state index in [2.05, 4.69) is 0 Å². The normalized spacial score (nSPS) is 10.5. The van der Waals surface area contributed by atoms with Gasteiger partial charge in [-0.15, -0.1) is 0 Å². The van der Waals surface area contributed by atoms with E-state index < -0.39 is 33.1 Å². The molecule has 5 heteroatoms. The van der Waals surface area contributed by atoms with Crippen LogP contribution < -0.4 is 4.35 Å². The van der Waals surface area contributed by atoms with Gasteiger partial charge in [-0.1, -0.05) is 0 Å². The molecule has 0 spiro atoms. The number of halogens is 3. The van der Waals surface area contributed by atoms with Gasteiger partial charge in [0.15, 0.2) is 0 Å². The number of hydrogen-bond acceptors (Lipinski definition) is 1. The standard InChI is InChI=1S/C6H2AsF3O/c8-4-1-3(7-11)2-5(9)6(4)10/h1-2H. The molecule has 0 aromatic heterocycles. The summed E-state index contributed by atoms with van der Waals surface area (Å²) in [5, 5.41) is 0. The van der Waals surface area contributed by atoms with Gasteiger partial charge in [0.05, 0.1) is 0 Å². The van der Waals surface area contributed by atoms with Crippen LogP contribution in [0.15, 0.2) is 12.1 Å². The Bertz CT molecular complexity index is 277. The van der Waals surface area contributed by atoms with Crippen LogP contribution in [0.25, 0.3) is 0 Å². The monoisotopic (exact) mass is 222 g/mol. The summed E-state index contributed by atoms with van der Waals surface area (Å²) in [5.74, 6) is -4.12. The van der Waals surface area contributed by atoms with Crippen molar-refractivity contribution in [2.45, 2.75) is 0 Å². The van der Waals surface area contributed by atoms with E-state index in [4.69, 9.17) is 0 Å². The maximum absolute atomic E-state index is 12.3. The first-order chi connectivity index (χ1) is 5.15. The zero-order chi connectivity index (χ0) is 8.43. The number of rotatable bonds is 1. The van der Waals surface area contributed by atoms with Gasteiger partial charge in [-0.3, -0.25) is 0 Å². The van der Waals surface area contributed by atoms with E-state index in [0.717, 1.165) is 12.1 Å². The summed E-state index contributed by atoms with van der Waals surface area (Å²) in [5.41, 5.74) is 0. The summed E-state index contributed by atoms with van der Waals surface area (Å²) >= 11 is -1.50. The van der Waals surface area contributed by atoms with Crippen LogP contribution in [0.2, 0.25) is 0 Å². The molecular weight excluding hydrogens is 220 g/mol. The average Bonchev–Trinajstić information content (AvgIpc) is 1.99. The molecule has 0 aliphatic rings. The minimum absolute atomic E-state index is 0.00218. The Hall–Kier alpha value is -0.632. The van der Waals surface area contributed by atoms with Crippen LogP contribution in [0.3, 0.4) is 0 Å². The van der Waals surface area contributed by atoms with Gasteiger partial charge in [-0.2, -0.15) is 0 Å². The third-order valence-corrected chi connectivity index (χ3v) is 2.06. The summed E-state index contributed by atoms with van der Waals surface area (Å²) in [7, 11) is 0. The van der Waals surface area contributed by atoms with Crippen LogP contribution in [0.5, 0.6) is 0 Å². The molecule has 0 saturated heterocycles. The van der Waals surface area contributed by atoms with Crippen molar-refractivity contribution in [3.05, 3.63) is 29.6 Å². The summed E-state index contributed by atoms with van der Waals surface area (Å²) in [6.45, 7) is 0. The number of benzene rings is 1. The SMILES string of the molecule is O=[As]c1cc(F)c(F)c(F)c1. The quantitative estimate of drug-likeness (QED) is 0.506. The Kier molecular flexibility index (Phi) is 2.45. The molecule has 0 fully saturated rings. The second kappa shape index (κ2) is 3.18. The van der Waals surface area contributed by atoms with Gasteiger partial charge in [-0.05, 0) is 0 Å². The first-order valence-corrected chi connectivity index (χ1v) is 4.33. The van der Waals surface area contributed by atoms with Crippen molar-refractivity contribution in [2.24, 2.45) is 0 Å². The Morgan fingerprint density at radius 3 is 1.91 bits per heavy atom. The molecule has 0 N–H and O–H groups in total. The summed E-state index contributed by atoms with van der Waals surface area (Å²) in [6, 6.07) is 1.46. The summed E-state index contributed by atoms with van der Waals surface area (Å²) in [6.07, 6.45) is 0. The molecule has 0 aliphatic heterocycles. The summed E-state index contributed by atoms with van der Waals surface area (Å²) in [4.78, 5) is 0. The van der Waals surface area contributed by atoms with Crippen molar-refractivity contribution >= 4 is 20.0 Å². The topological polar surface area (TPSA) is 17.1 Å². The van der Waals surface area contributed by atoms with Crippen LogP contribution in [-0.4, -0.2) is 15.7 Å². The van der Waals surface area contributed by atoms with Crippen molar-refractivity contribution in [3.8, 4) is 0 Å². The van der Waals surface area contributed by atoms with Gasteiger partial charge in [-0.25, -0.2) is 0 Å². The van der Waals surface area contributed by atoms with Crippen molar-refractivity contribution in [1.82, 2.24) is 0 Å². The molecule has 0 radical (unpaired) electrons. The molecule has 0 bridgehead atoms. The second-order valence-electron chi connectivity index (χ2n) is 1.81. The molecule has 0 amide bonds. The first-order valence-electron chi connectivity index (χ1n) is 2.63. The van der Waals surface area contributed by atoms with Crippen LogP contribution in [-0.2, 0) is 3.74 Å². The zero-order valence-electron chi connectivity index (χ0n) is 5.14. The minimum atomic E-state index is -1.52. The Morgan fingerprint density at radius 2 is 1.55 bits per heavy atom. The molecule has 0 unspecified atom stereocenters. The molecule has 0 atom stereocenters. The molecule has 0 heterocycles. The van der Waals surface area contributed by atoms with Gasteiger partial charge in [0, 0.05) is 0 Å². The van der Waals surface area contributed by atoms with Gasteiger partial charge in [0.2, 0.25) is 0 Å². The van der Waals surface area contributed by atoms with Crippen LogP contribution in [0.4, 0.5) is 13.2 Å². The predicted octanol–water partition coefficient (Wildman–Crippen LogP) is 0.779. The van der Waals surface area contributed by atoms with E-state index in [1.165, 1.54) is 0 Å². The molecular formula is C6H2AsF3O. The van der Waals surface area contributed by atoms with Crippen molar-refractivity contribution in [1.29, 1.82) is 0 Å². The average molecular weight is 222 g/mol. The Labute approximate surface area is 67.1 Å². The molecule has 0 saturated carbocycles. The van der Waals surface area contributed by atoms with E-state index in [1.807, 2.05) is 0 Å². The second-order valence-corrected chi connectivity index (χ2v) is 3.28. The van der Waals surface area contributed by atoms with E-state index in [-0.39, 0.29) is 4.35 Å². The Balaban J connectivity index is 3.31. The van der Waals surface area contributed by atoms with Gasteiger partial charge < -0.3 is 0 Å². The molecule has 58 valence electrons. The van der Waals surface area contributed by atoms with Gasteiger partial charge in [0.1, 0.15) is 0 Å². The van der Waals surface area contributed by atoms with E-state index in [0.29, 0.717) is 0 Å². The van der Waals surface area contributed by atoms with Crippen molar-refractivity contribution in [2.75, 3.05) is 0 Å². The zero-order valence-corrected chi connectivity index (χ0v) is 7.02. The molecule has 0 aliphatic carbocycles. The fourth-order valence-corrected chi connectivity index (χ4v) is 1.29. The van der Waals surface area contributed by atoms with Crippen molar-refractivity contribution in [3.63, 3.8) is 0 Å².